The number of aromatic nitrogens is 2. The molecule has 2 atom stereocenters. The number of benzene rings is 3. The fourth-order valence-electron chi connectivity index (χ4n) is 4.41. The molecule has 0 saturated heterocycles. The smallest absolute Gasteiger partial charge is 0.302 e. The largest absolute Gasteiger partial charge is 0.487 e. The molecule has 0 radical (unpaired) electrons. The highest BCUT2D eigenvalue weighted by Gasteiger charge is 2.31. The Bertz CT molecular complexity index is 1620. The van der Waals surface area contributed by atoms with Crippen LogP contribution in [0.1, 0.15) is 24.2 Å². The maximum Gasteiger partial charge on any atom is 0.302 e. The first-order valence-corrected chi connectivity index (χ1v) is 12.6. The van der Waals surface area contributed by atoms with Crippen molar-refractivity contribution >= 4 is 32.8 Å². The molecular formula is C26H19F2N3O5S. The predicted molar refractivity (Wildman–Crippen MR) is 132 cm³/mol. The SMILES string of the molecule is CCOc1nc2ccc(F)c(F)c2n1-c1cccc2c1OC[C@H]2Oc1ccc(C2=CC(=O)NS2=O)cc1. The van der Waals surface area contributed by atoms with E-state index in [0.717, 1.165) is 11.6 Å². The van der Waals surface area contributed by atoms with Gasteiger partial charge in [0.2, 0.25) is 0 Å². The van der Waals surface area contributed by atoms with Crippen molar-refractivity contribution < 1.29 is 32.0 Å². The molecular weight excluding hydrogens is 504 g/mol. The number of hydrogen-bond donors (Lipinski definition) is 1. The van der Waals surface area contributed by atoms with Gasteiger partial charge in [-0.3, -0.25) is 14.1 Å². The van der Waals surface area contributed by atoms with E-state index in [0.29, 0.717) is 27.7 Å². The molecule has 37 heavy (non-hydrogen) atoms. The highest BCUT2D eigenvalue weighted by atomic mass is 32.2. The summed E-state index contributed by atoms with van der Waals surface area (Å²) in [5, 5.41) is 0. The summed E-state index contributed by atoms with van der Waals surface area (Å²) in [6.07, 6.45) is 0.829. The third kappa shape index (κ3) is 3.91. The molecule has 0 spiro atoms. The van der Waals surface area contributed by atoms with Gasteiger partial charge in [0, 0.05) is 11.6 Å². The van der Waals surface area contributed by atoms with Crippen LogP contribution in [0.2, 0.25) is 0 Å². The summed E-state index contributed by atoms with van der Waals surface area (Å²) in [5.41, 5.74) is 2.01. The van der Waals surface area contributed by atoms with E-state index in [1.54, 1.807) is 43.3 Å². The average Bonchev–Trinajstić information content (AvgIpc) is 3.57. The lowest BCUT2D eigenvalue weighted by molar-refractivity contribution is -0.114. The van der Waals surface area contributed by atoms with Crippen molar-refractivity contribution in [3.8, 4) is 23.2 Å². The summed E-state index contributed by atoms with van der Waals surface area (Å²) in [7, 11) is -1.58. The molecule has 3 aromatic carbocycles. The quantitative estimate of drug-likeness (QED) is 0.404. The summed E-state index contributed by atoms with van der Waals surface area (Å²) >= 11 is 0. The Morgan fingerprint density at radius 2 is 1.97 bits per heavy atom. The maximum absolute atomic E-state index is 14.9. The van der Waals surface area contributed by atoms with Crippen LogP contribution in [0.5, 0.6) is 17.5 Å². The first-order valence-electron chi connectivity index (χ1n) is 11.4. The van der Waals surface area contributed by atoms with Crippen LogP contribution >= 0.6 is 0 Å². The minimum atomic E-state index is -1.58. The van der Waals surface area contributed by atoms with E-state index in [1.807, 2.05) is 6.07 Å². The first-order chi connectivity index (χ1) is 17.9. The molecule has 1 aromatic heterocycles. The number of fused-ring (bicyclic) bond motifs is 2. The second kappa shape index (κ2) is 9.00. The van der Waals surface area contributed by atoms with E-state index in [-0.39, 0.29) is 30.3 Å². The van der Waals surface area contributed by atoms with E-state index >= 15 is 0 Å². The van der Waals surface area contributed by atoms with Gasteiger partial charge in [0.15, 0.2) is 34.5 Å². The maximum atomic E-state index is 14.9. The molecule has 4 aromatic rings. The second-order valence-corrected chi connectivity index (χ2v) is 9.45. The molecule has 3 heterocycles. The summed E-state index contributed by atoms with van der Waals surface area (Å²) in [5.74, 6) is -1.44. The van der Waals surface area contributed by atoms with Crippen LogP contribution in [0.4, 0.5) is 8.78 Å². The minimum absolute atomic E-state index is 0.0491. The van der Waals surface area contributed by atoms with Gasteiger partial charge in [-0.2, -0.15) is 4.98 Å². The predicted octanol–water partition coefficient (Wildman–Crippen LogP) is 4.35. The zero-order valence-corrected chi connectivity index (χ0v) is 20.2. The number of ether oxygens (including phenoxy) is 3. The molecule has 1 N–H and O–H groups in total. The van der Waals surface area contributed by atoms with Crippen LogP contribution in [0.25, 0.3) is 21.6 Å². The zero-order valence-electron chi connectivity index (χ0n) is 19.4. The minimum Gasteiger partial charge on any atom is -0.487 e. The van der Waals surface area contributed by atoms with Crippen LogP contribution in [-0.4, -0.2) is 32.9 Å². The zero-order chi connectivity index (χ0) is 25.7. The van der Waals surface area contributed by atoms with Gasteiger partial charge in [-0.25, -0.2) is 13.0 Å². The number of rotatable bonds is 6. The van der Waals surface area contributed by atoms with Crippen molar-refractivity contribution in [2.24, 2.45) is 0 Å². The summed E-state index contributed by atoms with van der Waals surface area (Å²) in [4.78, 5) is 16.2. The van der Waals surface area contributed by atoms with E-state index in [9.17, 15) is 17.8 Å². The number of imidazole rings is 1. The van der Waals surface area contributed by atoms with E-state index in [4.69, 9.17) is 14.2 Å². The lowest BCUT2D eigenvalue weighted by Crippen LogP contribution is -2.16. The number of nitrogens with zero attached hydrogens (tertiary/aromatic N) is 2. The number of hydrogen-bond acceptors (Lipinski definition) is 6. The number of para-hydroxylation sites is 1. The van der Waals surface area contributed by atoms with Crippen molar-refractivity contribution in [2.45, 2.75) is 13.0 Å². The molecule has 2 aliphatic rings. The van der Waals surface area contributed by atoms with Gasteiger partial charge in [0.1, 0.15) is 17.9 Å². The van der Waals surface area contributed by atoms with Gasteiger partial charge in [0.05, 0.1) is 22.7 Å². The topological polar surface area (TPSA) is 91.7 Å². The summed E-state index contributed by atoms with van der Waals surface area (Å²) in [6.45, 7) is 2.24. The normalized spacial score (nSPS) is 18.4. The Balaban J connectivity index is 1.34. The highest BCUT2D eigenvalue weighted by molar-refractivity contribution is 7.93. The Kier molecular flexibility index (Phi) is 5.64. The average molecular weight is 524 g/mol. The van der Waals surface area contributed by atoms with Gasteiger partial charge in [-0.15, -0.1) is 0 Å². The van der Waals surface area contributed by atoms with E-state index < -0.39 is 34.6 Å². The second-order valence-electron chi connectivity index (χ2n) is 8.27. The number of halogens is 2. The fourth-order valence-corrected chi connectivity index (χ4v) is 5.32. The summed E-state index contributed by atoms with van der Waals surface area (Å²) < 4.78 is 62.6. The molecule has 188 valence electrons. The highest BCUT2D eigenvalue weighted by Crippen LogP contribution is 2.42. The first kappa shape index (κ1) is 23.2. The number of amides is 1. The Hall–Kier alpha value is -4.25. The van der Waals surface area contributed by atoms with Crippen molar-refractivity contribution in [3.05, 3.63) is 83.4 Å². The molecule has 2 aliphatic heterocycles. The number of carbonyl (C=O) groups excluding carboxylic acids is 1. The van der Waals surface area contributed by atoms with E-state index in [1.165, 1.54) is 16.7 Å². The third-order valence-corrected chi connectivity index (χ3v) is 7.16. The third-order valence-electron chi connectivity index (χ3n) is 6.02. The van der Waals surface area contributed by atoms with Crippen LogP contribution in [0.3, 0.4) is 0 Å². The number of nitrogens with one attached hydrogen (secondary N) is 1. The van der Waals surface area contributed by atoms with Crippen molar-refractivity contribution in [2.75, 3.05) is 13.2 Å². The number of carbonyl (C=O) groups is 1. The standard InChI is InChI=1S/C26H19F2N3O5S/c1-2-34-26-29-18-11-10-17(27)23(28)24(18)31(26)19-5-3-4-16-20(13-35-25(16)19)36-15-8-6-14(7-9-15)21-12-22(32)30-37(21)33/h3-12,20H,2,13H2,1H3,(H,30,32)/t20-,37?/m1/s1. The van der Waals surface area contributed by atoms with Crippen molar-refractivity contribution in [1.29, 1.82) is 0 Å². The lowest BCUT2D eigenvalue weighted by Gasteiger charge is -2.14. The van der Waals surface area contributed by atoms with E-state index in [2.05, 4.69) is 9.71 Å². The molecule has 11 heteroatoms. The lowest BCUT2D eigenvalue weighted by atomic mass is 10.1. The van der Waals surface area contributed by atoms with Gasteiger partial charge in [-0.05, 0) is 42.8 Å². The van der Waals surface area contributed by atoms with Crippen molar-refractivity contribution in [3.63, 3.8) is 0 Å². The molecule has 1 amide bonds. The van der Waals surface area contributed by atoms with Gasteiger partial charge in [0.25, 0.3) is 5.91 Å². The van der Waals surface area contributed by atoms with Gasteiger partial charge >= 0.3 is 6.01 Å². The fraction of sp³-hybridized carbons (Fsp3) is 0.154. The summed E-state index contributed by atoms with van der Waals surface area (Å²) in [6, 6.07) is 14.7. The molecule has 0 saturated carbocycles. The van der Waals surface area contributed by atoms with Crippen molar-refractivity contribution in [1.82, 2.24) is 14.3 Å². The van der Waals surface area contributed by atoms with Crippen LogP contribution in [0, 0.1) is 11.6 Å². The monoisotopic (exact) mass is 523 g/mol. The molecule has 8 nitrogen and oxygen atoms in total. The Labute approximate surface area is 212 Å². The Morgan fingerprint density at radius 3 is 2.70 bits per heavy atom. The van der Waals surface area contributed by atoms with Crippen LogP contribution in [-0.2, 0) is 15.8 Å². The van der Waals surface area contributed by atoms with Gasteiger partial charge < -0.3 is 14.2 Å². The van der Waals surface area contributed by atoms with Crippen LogP contribution in [0.15, 0.2) is 60.7 Å². The van der Waals surface area contributed by atoms with Crippen LogP contribution < -0.4 is 18.9 Å². The molecule has 0 bridgehead atoms. The molecule has 6 rings (SSSR count). The molecule has 1 unspecified atom stereocenters. The molecule has 0 aliphatic carbocycles. The van der Waals surface area contributed by atoms with Gasteiger partial charge in [-0.1, -0.05) is 24.3 Å². The molecule has 0 fully saturated rings. The Morgan fingerprint density at radius 1 is 1.16 bits per heavy atom.